The SMILES string of the molecule is COc1cccc2c1C(=O)c1c(O)c3c(c(O)c1C2=O)C[C@@](O)(C(C)=O)C[C@@H]3O[C@@H]1C[C@H](O)[C@H]([N+](C)(C)C)[C@H](C)O1. The monoisotopic (exact) mass is 570 g/mol. The van der Waals surface area contributed by atoms with E-state index in [0.29, 0.717) is 4.48 Å². The van der Waals surface area contributed by atoms with Gasteiger partial charge in [0, 0.05) is 36.0 Å². The first-order valence-corrected chi connectivity index (χ1v) is 13.5. The number of rotatable bonds is 5. The Morgan fingerprint density at radius 2 is 1.73 bits per heavy atom. The van der Waals surface area contributed by atoms with Crippen LogP contribution in [0.3, 0.4) is 0 Å². The number of aromatic hydroxyl groups is 2. The summed E-state index contributed by atoms with van der Waals surface area (Å²) in [6, 6.07) is 4.21. The number of nitrogens with zero attached hydrogens (tertiary/aromatic N) is 1. The van der Waals surface area contributed by atoms with Gasteiger partial charge in [0.1, 0.15) is 41.1 Å². The van der Waals surface area contributed by atoms with Crippen molar-refractivity contribution in [1.29, 1.82) is 0 Å². The number of ether oxygens (including phenoxy) is 3. The molecule has 3 aliphatic rings. The minimum absolute atomic E-state index is 0.00711. The zero-order chi connectivity index (χ0) is 30.2. The Labute approximate surface area is 237 Å². The zero-order valence-corrected chi connectivity index (χ0v) is 23.9. The highest BCUT2D eigenvalue weighted by Crippen LogP contribution is 2.52. The Balaban J connectivity index is 1.63. The van der Waals surface area contributed by atoms with Crippen molar-refractivity contribution in [3.8, 4) is 17.2 Å². The minimum Gasteiger partial charge on any atom is -0.507 e. The third-order valence-corrected chi connectivity index (χ3v) is 8.62. The summed E-state index contributed by atoms with van der Waals surface area (Å²) in [5.74, 6) is -3.11. The summed E-state index contributed by atoms with van der Waals surface area (Å²) in [6.07, 6.45) is -4.13. The van der Waals surface area contributed by atoms with Crippen LogP contribution in [0.1, 0.15) is 75.8 Å². The van der Waals surface area contributed by atoms with Gasteiger partial charge in [-0.1, -0.05) is 12.1 Å². The molecule has 0 radical (unpaired) electrons. The largest absolute Gasteiger partial charge is 0.507 e. The molecule has 11 nitrogen and oxygen atoms in total. The quantitative estimate of drug-likeness (QED) is 0.263. The number of fused-ring (bicyclic) bond motifs is 3. The molecule has 0 bridgehead atoms. The van der Waals surface area contributed by atoms with Gasteiger partial charge in [0.15, 0.2) is 17.9 Å². The Hall–Kier alpha value is -3.35. The number of hydrogen-bond acceptors (Lipinski definition) is 10. The van der Waals surface area contributed by atoms with E-state index in [4.69, 9.17) is 14.2 Å². The standard InChI is InChI=1S/C30H35NO10/c1-13-25(31(3,4)5)17(33)10-20(40-13)41-19-12-30(38,14(2)32)11-16-22(19)29(37)24-23(27(16)35)26(34)15-8-7-9-18(39-6)21(15)28(24)36/h7-9,13,17,19-20,25,33,38H,10-12H2,1-6H3,(H-,34,35,36,37)/p+1/t13-,17-,19-,20+,25+,30-/m0/s1. The molecule has 6 atom stereocenters. The fourth-order valence-corrected chi connectivity index (χ4v) is 6.74. The number of carbonyl (C=O) groups excluding carboxylic acids is 3. The first-order chi connectivity index (χ1) is 19.1. The molecule has 2 aromatic rings. The van der Waals surface area contributed by atoms with Crippen molar-refractivity contribution < 1.29 is 53.5 Å². The molecule has 11 heteroatoms. The number of Topliss-reactive ketones (excluding diaryl/α,β-unsaturated/α-hetero) is 1. The number of phenols is 2. The number of aliphatic hydroxyl groups excluding tert-OH is 1. The van der Waals surface area contributed by atoms with Crippen molar-refractivity contribution in [2.24, 2.45) is 0 Å². The fourth-order valence-electron chi connectivity index (χ4n) is 6.74. The van der Waals surface area contributed by atoms with Crippen molar-refractivity contribution in [3.63, 3.8) is 0 Å². The van der Waals surface area contributed by atoms with E-state index in [9.17, 15) is 34.8 Å². The maximum Gasteiger partial charge on any atom is 0.202 e. The number of hydrogen-bond donors (Lipinski definition) is 4. The second kappa shape index (κ2) is 9.88. The van der Waals surface area contributed by atoms with Crippen LogP contribution in [-0.4, -0.2) is 101 Å². The predicted octanol–water partition coefficient (Wildman–Crippen LogP) is 1.78. The van der Waals surface area contributed by atoms with Gasteiger partial charge in [0.05, 0.1) is 51.0 Å². The first-order valence-electron chi connectivity index (χ1n) is 13.5. The van der Waals surface area contributed by atoms with Gasteiger partial charge in [-0.25, -0.2) is 0 Å². The summed E-state index contributed by atoms with van der Waals surface area (Å²) in [4.78, 5) is 39.9. The summed E-state index contributed by atoms with van der Waals surface area (Å²) < 4.78 is 18.1. The number of methoxy groups -OCH3 is 1. The van der Waals surface area contributed by atoms with Gasteiger partial charge in [-0.3, -0.25) is 14.4 Å². The number of phenolic OH excluding ortho intramolecular Hbond substituents is 2. The number of likely N-dealkylation sites (N-methyl/N-ethyl adjacent to an activating group) is 1. The minimum atomic E-state index is -2.00. The molecule has 41 heavy (non-hydrogen) atoms. The lowest BCUT2D eigenvalue weighted by Gasteiger charge is -2.46. The van der Waals surface area contributed by atoms with E-state index in [1.165, 1.54) is 32.2 Å². The lowest BCUT2D eigenvalue weighted by atomic mass is 9.72. The number of quaternary nitrogens is 1. The van der Waals surface area contributed by atoms with Crippen LogP contribution in [0, 0.1) is 0 Å². The van der Waals surface area contributed by atoms with E-state index in [-0.39, 0.29) is 46.9 Å². The van der Waals surface area contributed by atoms with Crippen LogP contribution in [0.15, 0.2) is 18.2 Å². The molecule has 5 rings (SSSR count). The molecule has 0 amide bonds. The molecule has 4 N–H and O–H groups in total. The highest BCUT2D eigenvalue weighted by molar-refractivity contribution is 6.31. The molecular weight excluding hydrogens is 534 g/mol. The van der Waals surface area contributed by atoms with Gasteiger partial charge in [-0.15, -0.1) is 0 Å². The Morgan fingerprint density at radius 3 is 2.32 bits per heavy atom. The predicted molar refractivity (Wildman–Crippen MR) is 144 cm³/mol. The second-order valence-electron chi connectivity index (χ2n) is 12.2. The van der Waals surface area contributed by atoms with E-state index in [1.807, 2.05) is 28.1 Å². The lowest BCUT2D eigenvalue weighted by molar-refractivity contribution is -0.905. The summed E-state index contributed by atoms with van der Waals surface area (Å²) in [5, 5.41) is 45.3. The Bertz CT molecular complexity index is 1450. The highest BCUT2D eigenvalue weighted by Gasteiger charge is 2.50. The third-order valence-electron chi connectivity index (χ3n) is 8.62. The third kappa shape index (κ3) is 4.52. The zero-order valence-electron chi connectivity index (χ0n) is 23.9. The van der Waals surface area contributed by atoms with Gasteiger partial charge in [0.25, 0.3) is 0 Å². The van der Waals surface area contributed by atoms with Crippen LogP contribution in [-0.2, 0) is 20.7 Å². The molecule has 0 aromatic heterocycles. The van der Waals surface area contributed by atoms with E-state index < -0.39 is 76.6 Å². The van der Waals surface area contributed by atoms with Gasteiger partial charge >= 0.3 is 0 Å². The maximum atomic E-state index is 13.7. The van der Waals surface area contributed by atoms with Gasteiger partial charge in [-0.2, -0.15) is 0 Å². The number of ketones is 3. The summed E-state index contributed by atoms with van der Waals surface area (Å²) in [5.41, 5.74) is -2.97. The van der Waals surface area contributed by atoms with Gasteiger partial charge < -0.3 is 39.1 Å². The van der Waals surface area contributed by atoms with Crippen molar-refractivity contribution in [2.45, 2.75) is 69.4 Å². The van der Waals surface area contributed by atoms with Gasteiger partial charge in [0.2, 0.25) is 5.78 Å². The van der Waals surface area contributed by atoms with Crippen LogP contribution < -0.4 is 4.74 Å². The molecule has 1 fully saturated rings. The number of benzene rings is 2. The number of carbonyl (C=O) groups is 3. The van der Waals surface area contributed by atoms with Crippen LogP contribution in [0.5, 0.6) is 17.2 Å². The summed E-state index contributed by atoms with van der Waals surface area (Å²) in [6.45, 7) is 3.01. The van der Waals surface area contributed by atoms with Crippen molar-refractivity contribution in [1.82, 2.24) is 0 Å². The van der Waals surface area contributed by atoms with Crippen LogP contribution in [0.2, 0.25) is 0 Å². The Morgan fingerprint density at radius 1 is 1.07 bits per heavy atom. The Kier molecular flexibility index (Phi) is 7.03. The molecule has 2 aromatic carbocycles. The van der Waals surface area contributed by atoms with Gasteiger partial charge in [-0.05, 0) is 19.9 Å². The maximum absolute atomic E-state index is 13.7. The smallest absolute Gasteiger partial charge is 0.202 e. The lowest BCUT2D eigenvalue weighted by Crippen LogP contribution is -2.61. The van der Waals surface area contributed by atoms with E-state index in [1.54, 1.807) is 0 Å². The second-order valence-corrected chi connectivity index (χ2v) is 12.2. The molecule has 1 heterocycles. The van der Waals surface area contributed by atoms with Crippen LogP contribution in [0.4, 0.5) is 0 Å². The molecule has 220 valence electrons. The topological polar surface area (TPSA) is 160 Å². The van der Waals surface area contributed by atoms with Crippen LogP contribution in [0.25, 0.3) is 0 Å². The first kappa shape index (κ1) is 29.2. The van der Waals surface area contributed by atoms with Crippen molar-refractivity contribution in [2.75, 3.05) is 28.3 Å². The molecular formula is C30H36NO10+. The highest BCUT2D eigenvalue weighted by atomic mass is 16.7. The molecule has 0 spiro atoms. The molecule has 1 saturated heterocycles. The van der Waals surface area contributed by atoms with E-state index in [0.717, 1.165) is 0 Å². The van der Waals surface area contributed by atoms with E-state index in [2.05, 4.69) is 0 Å². The molecule has 1 aliphatic heterocycles. The molecule has 2 aliphatic carbocycles. The normalized spacial score (nSPS) is 29.4. The van der Waals surface area contributed by atoms with Crippen LogP contribution >= 0.6 is 0 Å². The van der Waals surface area contributed by atoms with E-state index >= 15 is 0 Å². The summed E-state index contributed by atoms with van der Waals surface area (Å²) >= 11 is 0. The number of aliphatic hydroxyl groups is 2. The average molecular weight is 571 g/mol. The summed E-state index contributed by atoms with van der Waals surface area (Å²) in [7, 11) is 7.17. The fraction of sp³-hybridized carbons (Fsp3) is 0.500. The average Bonchev–Trinajstić information content (AvgIpc) is 2.87. The van der Waals surface area contributed by atoms with Crippen molar-refractivity contribution >= 4 is 17.3 Å². The molecule has 0 saturated carbocycles. The molecule has 0 unspecified atom stereocenters. The van der Waals surface area contributed by atoms with Crippen molar-refractivity contribution in [3.05, 3.63) is 51.6 Å².